The number of aromatic nitrogens is 1. The second kappa shape index (κ2) is 8.46. The van der Waals surface area contributed by atoms with Gasteiger partial charge in [-0.1, -0.05) is 17.7 Å². The summed E-state index contributed by atoms with van der Waals surface area (Å²) in [5.41, 5.74) is 9.40. The van der Waals surface area contributed by atoms with Crippen LogP contribution >= 0.6 is 0 Å². The number of anilines is 1. The summed E-state index contributed by atoms with van der Waals surface area (Å²) in [5, 5.41) is 3.98. The molecule has 4 nitrogen and oxygen atoms in total. The molecular formula is C28H28N2O2. The average molecular weight is 425 g/mol. The van der Waals surface area contributed by atoms with Crippen LogP contribution < -0.4 is 10.1 Å². The van der Waals surface area contributed by atoms with E-state index < -0.39 is 0 Å². The zero-order valence-electron chi connectivity index (χ0n) is 19.5. The first-order chi connectivity index (χ1) is 15.3. The van der Waals surface area contributed by atoms with E-state index in [1.165, 1.54) is 5.56 Å². The monoisotopic (exact) mass is 424 g/mol. The van der Waals surface area contributed by atoms with Gasteiger partial charge >= 0.3 is 0 Å². The minimum Gasteiger partial charge on any atom is -0.497 e. The molecule has 0 saturated heterocycles. The molecule has 4 rings (SSSR count). The SMILES string of the molecule is COc1ccc(-c2nc3c(C)cc(C)cc3c(C(=O)Nc3ccc(C)c(C)c3)c2C)cc1. The first-order valence-electron chi connectivity index (χ1n) is 10.7. The Morgan fingerprint density at radius 3 is 2.22 bits per heavy atom. The third kappa shape index (κ3) is 3.96. The lowest BCUT2D eigenvalue weighted by Crippen LogP contribution is -2.16. The zero-order valence-corrected chi connectivity index (χ0v) is 19.5. The fourth-order valence-corrected chi connectivity index (χ4v) is 4.15. The van der Waals surface area contributed by atoms with E-state index in [4.69, 9.17) is 9.72 Å². The number of methoxy groups -OCH3 is 1. The number of rotatable bonds is 4. The molecule has 0 bridgehead atoms. The Kier molecular flexibility index (Phi) is 5.70. The van der Waals surface area contributed by atoms with Crippen molar-refractivity contribution in [3.63, 3.8) is 0 Å². The predicted molar refractivity (Wildman–Crippen MR) is 132 cm³/mol. The number of carbonyl (C=O) groups is 1. The average Bonchev–Trinajstić information content (AvgIpc) is 2.76. The first kappa shape index (κ1) is 21.6. The van der Waals surface area contributed by atoms with Gasteiger partial charge in [0, 0.05) is 16.6 Å². The van der Waals surface area contributed by atoms with E-state index in [1.54, 1.807) is 7.11 Å². The Morgan fingerprint density at radius 1 is 0.844 bits per heavy atom. The molecule has 32 heavy (non-hydrogen) atoms. The molecule has 3 aromatic carbocycles. The van der Waals surface area contributed by atoms with E-state index in [0.717, 1.165) is 55.9 Å². The number of pyridine rings is 1. The summed E-state index contributed by atoms with van der Waals surface area (Å²) < 4.78 is 5.30. The molecule has 0 radical (unpaired) electrons. The minimum atomic E-state index is -0.127. The summed E-state index contributed by atoms with van der Waals surface area (Å²) in [7, 11) is 1.65. The van der Waals surface area contributed by atoms with Crippen LogP contribution in [0.1, 0.15) is 38.2 Å². The lowest BCUT2D eigenvalue weighted by Gasteiger charge is -2.17. The van der Waals surface area contributed by atoms with E-state index >= 15 is 0 Å². The first-order valence-corrected chi connectivity index (χ1v) is 10.7. The summed E-state index contributed by atoms with van der Waals surface area (Å²) in [6, 6.07) is 17.9. The maximum Gasteiger partial charge on any atom is 0.256 e. The molecule has 0 atom stereocenters. The Hall–Kier alpha value is -3.66. The molecule has 4 heteroatoms. The van der Waals surface area contributed by atoms with Crippen molar-refractivity contribution in [1.29, 1.82) is 0 Å². The predicted octanol–water partition coefficient (Wildman–Crippen LogP) is 6.70. The van der Waals surface area contributed by atoms with Crippen LogP contribution in [0.25, 0.3) is 22.2 Å². The van der Waals surface area contributed by atoms with Gasteiger partial charge in [-0.2, -0.15) is 0 Å². The highest BCUT2D eigenvalue weighted by atomic mass is 16.5. The molecule has 0 unspecified atom stereocenters. The maximum atomic E-state index is 13.6. The quantitative estimate of drug-likeness (QED) is 0.396. The molecule has 1 aromatic heterocycles. The number of fused-ring (bicyclic) bond motifs is 1. The topological polar surface area (TPSA) is 51.2 Å². The molecule has 0 spiro atoms. The van der Waals surface area contributed by atoms with Gasteiger partial charge < -0.3 is 10.1 Å². The van der Waals surface area contributed by atoms with Crippen LogP contribution in [0.2, 0.25) is 0 Å². The highest BCUT2D eigenvalue weighted by Crippen LogP contribution is 2.33. The number of nitrogens with zero attached hydrogens (tertiary/aromatic N) is 1. The van der Waals surface area contributed by atoms with Gasteiger partial charge in [0.05, 0.1) is 23.9 Å². The van der Waals surface area contributed by atoms with Crippen LogP contribution in [-0.4, -0.2) is 18.0 Å². The normalized spacial score (nSPS) is 10.9. The highest BCUT2D eigenvalue weighted by molar-refractivity contribution is 6.15. The van der Waals surface area contributed by atoms with Gasteiger partial charge in [-0.25, -0.2) is 4.98 Å². The molecule has 0 fully saturated rings. The standard InChI is InChI=1S/C28H28N2O2/c1-16-13-19(4)26-24(14-16)25(28(31)29-22-10-7-17(2)18(3)15-22)20(5)27(30-26)21-8-11-23(32-6)12-9-21/h7-15H,1-6H3,(H,29,31). The van der Waals surface area contributed by atoms with Crippen molar-refractivity contribution in [2.45, 2.75) is 34.6 Å². The second-order valence-corrected chi connectivity index (χ2v) is 8.42. The summed E-state index contributed by atoms with van der Waals surface area (Å²) >= 11 is 0. The molecule has 0 saturated carbocycles. The van der Waals surface area contributed by atoms with Crippen LogP contribution in [0.5, 0.6) is 5.75 Å². The Bertz CT molecular complexity index is 1340. The molecule has 1 amide bonds. The number of ether oxygens (including phenoxy) is 1. The molecule has 1 heterocycles. The van der Waals surface area contributed by atoms with Gasteiger partial charge in [-0.15, -0.1) is 0 Å². The summed E-state index contributed by atoms with van der Waals surface area (Å²) in [6.07, 6.45) is 0. The fraction of sp³-hybridized carbons (Fsp3) is 0.214. The summed E-state index contributed by atoms with van der Waals surface area (Å²) in [4.78, 5) is 18.6. The van der Waals surface area contributed by atoms with E-state index in [2.05, 4.69) is 24.4 Å². The maximum absolute atomic E-state index is 13.6. The molecule has 162 valence electrons. The van der Waals surface area contributed by atoms with E-state index in [1.807, 2.05) is 70.2 Å². The number of aryl methyl sites for hydroxylation is 4. The minimum absolute atomic E-state index is 0.127. The summed E-state index contributed by atoms with van der Waals surface area (Å²) in [6.45, 7) is 10.2. The van der Waals surface area contributed by atoms with Crippen LogP contribution in [0.4, 0.5) is 5.69 Å². The smallest absolute Gasteiger partial charge is 0.256 e. The van der Waals surface area contributed by atoms with E-state index in [0.29, 0.717) is 5.56 Å². The van der Waals surface area contributed by atoms with E-state index in [-0.39, 0.29) is 5.91 Å². The number of hydrogen-bond acceptors (Lipinski definition) is 3. The van der Waals surface area contributed by atoms with Crippen molar-refractivity contribution in [3.05, 3.63) is 88.0 Å². The largest absolute Gasteiger partial charge is 0.497 e. The lowest BCUT2D eigenvalue weighted by molar-refractivity contribution is 0.102. The van der Waals surface area contributed by atoms with Crippen LogP contribution in [0.3, 0.4) is 0 Å². The van der Waals surface area contributed by atoms with Gasteiger partial charge in [0.2, 0.25) is 0 Å². The summed E-state index contributed by atoms with van der Waals surface area (Å²) in [5.74, 6) is 0.657. The number of benzene rings is 3. The zero-order chi connectivity index (χ0) is 23.0. The van der Waals surface area contributed by atoms with Crippen molar-refractivity contribution in [1.82, 2.24) is 4.98 Å². The van der Waals surface area contributed by atoms with Crippen molar-refractivity contribution in [2.24, 2.45) is 0 Å². The van der Waals surface area contributed by atoms with Crippen molar-refractivity contribution >= 4 is 22.5 Å². The van der Waals surface area contributed by atoms with Gasteiger partial charge in [-0.05, 0) is 99.3 Å². The fourth-order valence-electron chi connectivity index (χ4n) is 4.15. The van der Waals surface area contributed by atoms with E-state index in [9.17, 15) is 4.79 Å². The third-order valence-electron chi connectivity index (χ3n) is 6.02. The molecule has 4 aromatic rings. The Morgan fingerprint density at radius 2 is 1.56 bits per heavy atom. The third-order valence-corrected chi connectivity index (χ3v) is 6.02. The van der Waals surface area contributed by atoms with Crippen LogP contribution in [0.15, 0.2) is 54.6 Å². The van der Waals surface area contributed by atoms with Gasteiger partial charge in [0.1, 0.15) is 5.75 Å². The highest BCUT2D eigenvalue weighted by Gasteiger charge is 2.20. The van der Waals surface area contributed by atoms with Gasteiger partial charge in [0.25, 0.3) is 5.91 Å². The molecule has 0 aliphatic carbocycles. The molecule has 0 aliphatic heterocycles. The lowest BCUT2D eigenvalue weighted by atomic mass is 9.94. The number of carbonyl (C=O) groups excluding carboxylic acids is 1. The molecular weight excluding hydrogens is 396 g/mol. The Labute approximate surface area is 189 Å². The second-order valence-electron chi connectivity index (χ2n) is 8.42. The van der Waals surface area contributed by atoms with Crippen molar-refractivity contribution in [3.8, 4) is 17.0 Å². The number of nitrogens with one attached hydrogen (secondary N) is 1. The van der Waals surface area contributed by atoms with Crippen molar-refractivity contribution < 1.29 is 9.53 Å². The number of amides is 1. The van der Waals surface area contributed by atoms with Gasteiger partial charge in [-0.3, -0.25) is 4.79 Å². The van der Waals surface area contributed by atoms with Crippen LogP contribution in [-0.2, 0) is 0 Å². The van der Waals surface area contributed by atoms with Crippen molar-refractivity contribution in [2.75, 3.05) is 12.4 Å². The molecule has 0 aliphatic rings. The Balaban J connectivity index is 1.91. The number of hydrogen-bond donors (Lipinski definition) is 1. The van der Waals surface area contributed by atoms with Crippen LogP contribution in [0, 0.1) is 34.6 Å². The van der Waals surface area contributed by atoms with Gasteiger partial charge in [0.15, 0.2) is 0 Å². The molecule has 1 N–H and O–H groups in total.